The number of benzene rings is 1. The monoisotopic (exact) mass is 324 g/mol. The van der Waals surface area contributed by atoms with E-state index in [4.69, 9.17) is 0 Å². The van der Waals surface area contributed by atoms with E-state index in [-0.39, 0.29) is 17.9 Å². The number of nitrogens with one attached hydrogen (secondary N) is 1. The molecular weight excluding hydrogens is 308 g/mol. The molecule has 1 aliphatic heterocycles. The number of hydrogen-bond donors (Lipinski definition) is 1. The maximum absolute atomic E-state index is 12.1. The van der Waals surface area contributed by atoms with Gasteiger partial charge in [0, 0.05) is 30.5 Å². The van der Waals surface area contributed by atoms with E-state index < -0.39 is 0 Å². The number of likely N-dealkylation sites (tertiary alicyclic amines) is 1. The van der Waals surface area contributed by atoms with Crippen LogP contribution in [-0.2, 0) is 4.79 Å². The van der Waals surface area contributed by atoms with Crippen LogP contribution < -0.4 is 5.32 Å². The first kappa shape index (κ1) is 14.1. The van der Waals surface area contributed by atoms with Crippen LogP contribution in [0.2, 0.25) is 0 Å². The van der Waals surface area contributed by atoms with Gasteiger partial charge in [-0.1, -0.05) is 12.1 Å². The summed E-state index contributed by atoms with van der Waals surface area (Å²) in [7, 11) is 0. The Bertz CT molecular complexity index is 482. The minimum Gasteiger partial charge on any atom is -0.349 e. The van der Waals surface area contributed by atoms with Crippen LogP contribution in [0.5, 0.6) is 0 Å². The normalized spacial score (nSPS) is 16.2. The van der Waals surface area contributed by atoms with Gasteiger partial charge < -0.3 is 10.2 Å². The van der Waals surface area contributed by atoms with Crippen molar-refractivity contribution in [3.63, 3.8) is 0 Å². The topological polar surface area (TPSA) is 49.4 Å². The van der Waals surface area contributed by atoms with Gasteiger partial charge in [0.2, 0.25) is 5.91 Å². The van der Waals surface area contributed by atoms with Crippen molar-refractivity contribution < 1.29 is 9.59 Å². The smallest absolute Gasteiger partial charge is 0.252 e. The molecule has 0 aliphatic carbocycles. The van der Waals surface area contributed by atoms with Crippen LogP contribution in [0.4, 0.5) is 0 Å². The highest BCUT2D eigenvalue weighted by Gasteiger charge is 2.22. The molecular formula is C14H17BrN2O2. The average Bonchev–Trinajstić information content (AvgIpc) is 2.39. The molecule has 1 aromatic rings. The second-order valence-electron chi connectivity index (χ2n) is 4.73. The Hall–Kier alpha value is -1.36. The molecule has 5 heteroatoms. The molecule has 0 bridgehead atoms. The van der Waals surface area contributed by atoms with E-state index in [1.165, 1.54) is 0 Å². The lowest BCUT2D eigenvalue weighted by molar-refractivity contribution is -0.129. The minimum absolute atomic E-state index is 0.0613. The summed E-state index contributed by atoms with van der Waals surface area (Å²) >= 11 is 3.38. The van der Waals surface area contributed by atoms with Gasteiger partial charge in [-0.25, -0.2) is 0 Å². The average molecular weight is 325 g/mol. The number of nitrogens with zero attached hydrogens (tertiary/aromatic N) is 1. The molecule has 0 saturated carbocycles. The van der Waals surface area contributed by atoms with Crippen molar-refractivity contribution >= 4 is 27.7 Å². The number of rotatable bonds is 2. The zero-order chi connectivity index (χ0) is 13.8. The van der Waals surface area contributed by atoms with Crippen molar-refractivity contribution in [1.29, 1.82) is 0 Å². The van der Waals surface area contributed by atoms with Crippen LogP contribution in [0.1, 0.15) is 30.1 Å². The first-order valence-corrected chi connectivity index (χ1v) is 7.18. The van der Waals surface area contributed by atoms with Gasteiger partial charge in [0.25, 0.3) is 5.91 Å². The van der Waals surface area contributed by atoms with Crippen molar-refractivity contribution in [2.24, 2.45) is 0 Å². The Balaban J connectivity index is 1.91. The van der Waals surface area contributed by atoms with Gasteiger partial charge in [-0.15, -0.1) is 0 Å². The lowest BCUT2D eigenvalue weighted by atomic mass is 10.0. The second-order valence-corrected chi connectivity index (χ2v) is 5.59. The predicted molar refractivity (Wildman–Crippen MR) is 76.9 cm³/mol. The molecule has 1 N–H and O–H groups in total. The number of amides is 2. The molecule has 1 aromatic carbocycles. The summed E-state index contributed by atoms with van der Waals surface area (Å²) in [5, 5.41) is 3.03. The van der Waals surface area contributed by atoms with Gasteiger partial charge in [0.05, 0.1) is 5.56 Å². The molecule has 102 valence electrons. The number of hydrogen-bond acceptors (Lipinski definition) is 2. The molecule has 0 atom stereocenters. The maximum atomic E-state index is 12.1. The van der Waals surface area contributed by atoms with Gasteiger partial charge in [-0.3, -0.25) is 9.59 Å². The zero-order valence-corrected chi connectivity index (χ0v) is 12.4. The third-order valence-electron chi connectivity index (χ3n) is 3.39. The maximum Gasteiger partial charge on any atom is 0.252 e. The van der Waals surface area contributed by atoms with Crippen LogP contribution in [0, 0.1) is 0 Å². The summed E-state index contributed by atoms with van der Waals surface area (Å²) in [5.74, 6) is 0.0457. The predicted octanol–water partition coefficient (Wildman–Crippen LogP) is 2.19. The Labute approximate surface area is 121 Å². The van der Waals surface area contributed by atoms with E-state index in [2.05, 4.69) is 21.2 Å². The Morgan fingerprint density at radius 1 is 1.26 bits per heavy atom. The lowest BCUT2D eigenvalue weighted by Crippen LogP contribution is -2.46. The van der Waals surface area contributed by atoms with E-state index in [0.717, 1.165) is 30.4 Å². The molecule has 1 fully saturated rings. The molecule has 2 amide bonds. The molecule has 2 rings (SSSR count). The van der Waals surface area contributed by atoms with Crippen LogP contribution in [-0.4, -0.2) is 35.8 Å². The van der Waals surface area contributed by atoms with Gasteiger partial charge in [0.1, 0.15) is 0 Å². The van der Waals surface area contributed by atoms with Gasteiger partial charge in [0.15, 0.2) is 0 Å². The number of piperidine rings is 1. The molecule has 0 radical (unpaired) electrons. The quantitative estimate of drug-likeness (QED) is 0.906. The standard InChI is InChI=1S/C14H17BrN2O2/c1-10(18)17-8-6-11(7-9-17)16-14(19)12-4-2-3-5-13(12)15/h2-5,11H,6-9H2,1H3,(H,16,19). The molecule has 0 unspecified atom stereocenters. The molecule has 19 heavy (non-hydrogen) atoms. The van der Waals surface area contributed by atoms with Crippen LogP contribution in [0.25, 0.3) is 0 Å². The van der Waals surface area contributed by atoms with Crippen LogP contribution in [0.15, 0.2) is 28.7 Å². The molecule has 1 aliphatic rings. The van der Waals surface area contributed by atoms with Crippen molar-refractivity contribution in [3.05, 3.63) is 34.3 Å². The van der Waals surface area contributed by atoms with E-state index in [9.17, 15) is 9.59 Å². The number of halogens is 1. The highest BCUT2D eigenvalue weighted by atomic mass is 79.9. The van der Waals surface area contributed by atoms with Crippen molar-refractivity contribution in [2.75, 3.05) is 13.1 Å². The van der Waals surface area contributed by atoms with Crippen molar-refractivity contribution in [2.45, 2.75) is 25.8 Å². The molecule has 1 saturated heterocycles. The summed E-state index contributed by atoms with van der Waals surface area (Å²) in [4.78, 5) is 25.2. The highest BCUT2D eigenvalue weighted by Crippen LogP contribution is 2.17. The summed E-state index contributed by atoms with van der Waals surface area (Å²) < 4.78 is 0.800. The summed E-state index contributed by atoms with van der Waals surface area (Å²) in [6.45, 7) is 3.02. The Morgan fingerprint density at radius 2 is 1.89 bits per heavy atom. The summed E-state index contributed by atoms with van der Waals surface area (Å²) in [5.41, 5.74) is 0.650. The summed E-state index contributed by atoms with van der Waals surface area (Å²) in [6, 6.07) is 7.52. The number of carbonyl (C=O) groups excluding carboxylic acids is 2. The first-order valence-electron chi connectivity index (χ1n) is 6.39. The van der Waals surface area contributed by atoms with Crippen LogP contribution in [0.3, 0.4) is 0 Å². The fourth-order valence-electron chi connectivity index (χ4n) is 2.25. The van der Waals surface area contributed by atoms with Crippen LogP contribution >= 0.6 is 15.9 Å². The Kier molecular flexibility index (Phi) is 4.58. The van der Waals surface area contributed by atoms with E-state index >= 15 is 0 Å². The lowest BCUT2D eigenvalue weighted by Gasteiger charge is -2.31. The van der Waals surface area contributed by atoms with Gasteiger partial charge in [-0.2, -0.15) is 0 Å². The third-order valence-corrected chi connectivity index (χ3v) is 4.09. The first-order chi connectivity index (χ1) is 9.08. The fraction of sp³-hybridized carbons (Fsp3) is 0.429. The van der Waals surface area contributed by atoms with E-state index in [0.29, 0.717) is 5.56 Å². The van der Waals surface area contributed by atoms with E-state index in [1.54, 1.807) is 13.0 Å². The SMILES string of the molecule is CC(=O)N1CCC(NC(=O)c2ccccc2Br)CC1. The van der Waals surface area contributed by atoms with Gasteiger partial charge >= 0.3 is 0 Å². The number of carbonyl (C=O) groups is 2. The Morgan fingerprint density at radius 3 is 2.47 bits per heavy atom. The molecule has 1 heterocycles. The fourth-order valence-corrected chi connectivity index (χ4v) is 2.71. The molecule has 4 nitrogen and oxygen atoms in total. The molecule has 0 aromatic heterocycles. The summed E-state index contributed by atoms with van der Waals surface area (Å²) in [6.07, 6.45) is 1.63. The molecule has 0 spiro atoms. The van der Waals surface area contributed by atoms with Gasteiger partial charge in [-0.05, 0) is 40.9 Å². The van der Waals surface area contributed by atoms with Crippen molar-refractivity contribution in [3.8, 4) is 0 Å². The van der Waals surface area contributed by atoms with E-state index in [1.807, 2.05) is 23.1 Å². The second kappa shape index (κ2) is 6.19. The zero-order valence-electron chi connectivity index (χ0n) is 10.9. The highest BCUT2D eigenvalue weighted by molar-refractivity contribution is 9.10. The van der Waals surface area contributed by atoms with Crippen molar-refractivity contribution in [1.82, 2.24) is 10.2 Å². The third kappa shape index (κ3) is 3.56. The minimum atomic E-state index is -0.0613. The largest absolute Gasteiger partial charge is 0.349 e.